The van der Waals surface area contributed by atoms with E-state index in [9.17, 15) is 18.8 Å². The second-order valence-corrected chi connectivity index (χ2v) is 9.84. The van der Waals surface area contributed by atoms with Crippen molar-refractivity contribution < 1.29 is 23.5 Å². The summed E-state index contributed by atoms with van der Waals surface area (Å²) in [7, 11) is 1.53. The first-order valence-electron chi connectivity index (χ1n) is 11.5. The minimum absolute atomic E-state index is 0.0907. The molecule has 8 heteroatoms. The Morgan fingerprint density at radius 1 is 0.944 bits per heavy atom. The highest BCUT2D eigenvalue weighted by molar-refractivity contribution is 9.10. The van der Waals surface area contributed by atoms with Crippen molar-refractivity contribution in [3.8, 4) is 5.75 Å². The van der Waals surface area contributed by atoms with E-state index in [1.165, 1.54) is 25.3 Å². The lowest BCUT2D eigenvalue weighted by Crippen LogP contribution is -2.49. The van der Waals surface area contributed by atoms with Crippen molar-refractivity contribution in [1.82, 2.24) is 0 Å². The minimum Gasteiger partial charge on any atom is -0.496 e. The van der Waals surface area contributed by atoms with Crippen molar-refractivity contribution in [2.45, 2.75) is 12.1 Å². The Labute approximate surface area is 215 Å². The number of fused-ring (bicyclic) bond motifs is 5. The number of rotatable bonds is 4. The molecule has 0 aliphatic carbocycles. The van der Waals surface area contributed by atoms with Gasteiger partial charge in [0.1, 0.15) is 17.6 Å². The molecule has 3 aliphatic heterocycles. The van der Waals surface area contributed by atoms with Crippen LogP contribution in [0.1, 0.15) is 15.9 Å². The van der Waals surface area contributed by atoms with Crippen LogP contribution < -0.4 is 14.5 Å². The number of ketones is 1. The monoisotopic (exact) mass is 546 g/mol. The smallest absolute Gasteiger partial charge is 0.240 e. The van der Waals surface area contributed by atoms with Gasteiger partial charge in [-0.25, -0.2) is 9.29 Å². The van der Waals surface area contributed by atoms with Crippen molar-refractivity contribution in [1.29, 1.82) is 0 Å². The van der Waals surface area contributed by atoms with Crippen LogP contribution in [-0.2, 0) is 9.59 Å². The number of para-hydroxylation sites is 2. The molecule has 4 unspecified atom stereocenters. The molecule has 36 heavy (non-hydrogen) atoms. The molecular formula is C28H20BrFN2O4. The van der Waals surface area contributed by atoms with Gasteiger partial charge >= 0.3 is 0 Å². The zero-order valence-electron chi connectivity index (χ0n) is 19.1. The number of imide groups is 1. The molecule has 3 heterocycles. The molecule has 180 valence electrons. The highest BCUT2D eigenvalue weighted by atomic mass is 79.9. The largest absolute Gasteiger partial charge is 0.496 e. The summed E-state index contributed by atoms with van der Waals surface area (Å²) < 4.78 is 20.6. The van der Waals surface area contributed by atoms with Gasteiger partial charge in [-0.3, -0.25) is 14.4 Å². The molecule has 3 aliphatic rings. The molecule has 6 nitrogen and oxygen atoms in total. The summed E-state index contributed by atoms with van der Waals surface area (Å²) in [5.74, 6) is -3.25. The molecule has 0 radical (unpaired) electrons. The minimum atomic E-state index is -0.966. The number of hydrogen-bond donors (Lipinski definition) is 0. The molecule has 0 N–H and O–H groups in total. The summed E-state index contributed by atoms with van der Waals surface area (Å²) >= 11 is 3.43. The van der Waals surface area contributed by atoms with Crippen LogP contribution in [0, 0.1) is 17.7 Å². The molecule has 0 saturated carbocycles. The number of ether oxygens (including phenoxy) is 1. The molecule has 2 fully saturated rings. The molecule has 2 amide bonds. The number of amides is 2. The van der Waals surface area contributed by atoms with Crippen LogP contribution in [0.5, 0.6) is 5.75 Å². The number of nitrogens with zero attached hydrogens (tertiary/aromatic N) is 2. The van der Waals surface area contributed by atoms with Gasteiger partial charge < -0.3 is 9.64 Å². The number of methoxy groups -OCH3 is 1. The van der Waals surface area contributed by atoms with Crippen LogP contribution in [0.25, 0.3) is 6.08 Å². The number of benzene rings is 3. The third-order valence-electron chi connectivity index (χ3n) is 7.21. The third kappa shape index (κ3) is 3.17. The van der Waals surface area contributed by atoms with Crippen LogP contribution in [0.4, 0.5) is 15.8 Å². The summed E-state index contributed by atoms with van der Waals surface area (Å²) in [5, 5.41) is 0. The van der Waals surface area contributed by atoms with Crippen LogP contribution in [-0.4, -0.2) is 36.8 Å². The van der Waals surface area contributed by atoms with E-state index in [-0.39, 0.29) is 11.5 Å². The predicted molar refractivity (Wildman–Crippen MR) is 136 cm³/mol. The molecule has 3 aromatic rings. The van der Waals surface area contributed by atoms with Crippen LogP contribution in [0.15, 0.2) is 77.3 Å². The lowest BCUT2D eigenvalue weighted by molar-refractivity contribution is -0.123. The van der Waals surface area contributed by atoms with Gasteiger partial charge in [0.15, 0.2) is 5.78 Å². The van der Waals surface area contributed by atoms with E-state index in [2.05, 4.69) is 15.9 Å². The Balaban J connectivity index is 1.50. The highest BCUT2D eigenvalue weighted by Crippen LogP contribution is 2.50. The number of carbonyl (C=O) groups is 3. The SMILES string of the molecule is COc1ccc(C(=O)C2C3C(=O)N(c4ccccc4F)C(=O)C3C3C=Cc4ccccc4N32)cc1Br. The first-order chi connectivity index (χ1) is 17.4. The standard InChI is InChI=1S/C28H20BrFN2O4/c1-36-22-13-11-16(14-17(22)29)26(33)25-24-23(21-12-10-15-6-2-4-8-19(15)31(21)25)27(34)32(28(24)35)20-9-5-3-7-18(20)30/h2-14,21,23-25H,1H3. The van der Waals surface area contributed by atoms with E-state index in [0.717, 1.165) is 16.2 Å². The van der Waals surface area contributed by atoms with Crippen LogP contribution in [0.2, 0.25) is 0 Å². The normalized spacial score (nSPS) is 24.0. The highest BCUT2D eigenvalue weighted by Gasteiger charge is 2.64. The average Bonchev–Trinajstić information content (AvgIpc) is 3.36. The molecule has 0 aromatic heterocycles. The zero-order valence-corrected chi connectivity index (χ0v) is 20.7. The molecule has 0 spiro atoms. The quantitative estimate of drug-likeness (QED) is 0.345. The van der Waals surface area contributed by atoms with Crippen molar-refractivity contribution in [3.05, 3.63) is 94.2 Å². The third-order valence-corrected chi connectivity index (χ3v) is 7.83. The Bertz CT molecular complexity index is 1470. The summed E-state index contributed by atoms with van der Waals surface area (Å²) in [6.45, 7) is 0. The van der Waals surface area contributed by atoms with Crippen LogP contribution >= 0.6 is 15.9 Å². The second-order valence-electron chi connectivity index (χ2n) is 8.99. The maximum absolute atomic E-state index is 14.7. The van der Waals surface area contributed by atoms with Gasteiger partial charge in [-0.15, -0.1) is 0 Å². The fraction of sp³-hybridized carbons (Fsp3) is 0.179. The molecule has 6 rings (SSSR count). The maximum atomic E-state index is 14.7. The average molecular weight is 547 g/mol. The Morgan fingerprint density at radius 2 is 1.64 bits per heavy atom. The first-order valence-corrected chi connectivity index (χ1v) is 12.3. The Morgan fingerprint density at radius 3 is 2.36 bits per heavy atom. The maximum Gasteiger partial charge on any atom is 0.240 e. The predicted octanol–water partition coefficient (Wildman–Crippen LogP) is 4.87. The lowest BCUT2D eigenvalue weighted by atomic mass is 9.86. The topological polar surface area (TPSA) is 66.9 Å². The van der Waals surface area contributed by atoms with Crippen molar-refractivity contribution in [2.75, 3.05) is 16.9 Å². The molecule has 0 bridgehead atoms. The number of carbonyl (C=O) groups excluding carboxylic acids is 3. The van der Waals surface area contributed by atoms with Gasteiger partial charge in [0.25, 0.3) is 0 Å². The van der Waals surface area contributed by atoms with E-state index < -0.39 is 41.6 Å². The van der Waals surface area contributed by atoms with Gasteiger partial charge in [-0.05, 0) is 57.9 Å². The van der Waals surface area contributed by atoms with E-state index in [1.807, 2.05) is 41.3 Å². The molecular weight excluding hydrogens is 527 g/mol. The van der Waals surface area contributed by atoms with E-state index in [4.69, 9.17) is 4.74 Å². The van der Waals surface area contributed by atoms with Gasteiger partial charge in [0.05, 0.1) is 35.1 Å². The van der Waals surface area contributed by atoms with Crippen molar-refractivity contribution in [3.63, 3.8) is 0 Å². The van der Waals surface area contributed by atoms with E-state index in [1.54, 1.807) is 24.3 Å². The van der Waals surface area contributed by atoms with Gasteiger partial charge in [0.2, 0.25) is 11.8 Å². The number of hydrogen-bond acceptors (Lipinski definition) is 5. The van der Waals surface area contributed by atoms with Crippen molar-refractivity contribution in [2.24, 2.45) is 11.8 Å². The first kappa shape index (κ1) is 22.7. The summed E-state index contributed by atoms with van der Waals surface area (Å²) in [5.41, 5.74) is 1.97. The zero-order chi connectivity index (χ0) is 25.1. The molecule has 3 aromatic carbocycles. The second kappa shape index (κ2) is 8.41. The number of Topliss-reactive ketones (excluding diaryl/α,β-unsaturated/α-hetero) is 1. The van der Waals surface area contributed by atoms with E-state index in [0.29, 0.717) is 15.8 Å². The number of anilines is 2. The molecule has 2 saturated heterocycles. The van der Waals surface area contributed by atoms with Gasteiger partial charge in [-0.1, -0.05) is 42.5 Å². The molecule has 4 atom stereocenters. The Hall–Kier alpha value is -3.78. The summed E-state index contributed by atoms with van der Waals surface area (Å²) in [6.07, 6.45) is 3.78. The lowest BCUT2D eigenvalue weighted by Gasteiger charge is -2.36. The van der Waals surface area contributed by atoms with Gasteiger partial charge in [0, 0.05) is 11.3 Å². The summed E-state index contributed by atoms with van der Waals surface area (Å²) in [6, 6.07) is 16.8. The van der Waals surface area contributed by atoms with Gasteiger partial charge in [-0.2, -0.15) is 0 Å². The fourth-order valence-electron chi connectivity index (χ4n) is 5.67. The Kier molecular flexibility index (Phi) is 5.30. The van der Waals surface area contributed by atoms with Crippen molar-refractivity contribution >= 4 is 51.0 Å². The number of halogens is 2. The fourth-order valence-corrected chi connectivity index (χ4v) is 6.22. The van der Waals surface area contributed by atoms with E-state index >= 15 is 0 Å². The van der Waals surface area contributed by atoms with Crippen LogP contribution in [0.3, 0.4) is 0 Å². The summed E-state index contributed by atoms with van der Waals surface area (Å²) in [4.78, 5) is 44.4.